The average Bonchev–Trinajstić information content (AvgIpc) is 3.13. The average molecular weight is 706 g/mol. The molecule has 3 heteroatoms. The van der Waals surface area contributed by atoms with Gasteiger partial charge in [-0.05, 0) is 104 Å². The fraction of sp³-hybridized carbons (Fsp3) is 1.00. The zero-order chi connectivity index (χ0) is 39.4. The van der Waals surface area contributed by atoms with Gasteiger partial charge in [-0.1, -0.05) is 166 Å². The Balaban J connectivity index is -0.000000119. The van der Waals surface area contributed by atoms with Crippen molar-refractivity contribution in [1.82, 2.24) is 5.32 Å². The molecule has 3 rings (SSSR count). The molecule has 0 aromatic carbocycles. The molecule has 0 aromatic heterocycles. The molecule has 6 unspecified atom stereocenters. The quantitative estimate of drug-likeness (QED) is 0.297. The molecule has 3 saturated heterocycles. The number of piperidine rings is 1. The fourth-order valence-corrected chi connectivity index (χ4v) is 8.56. The summed E-state index contributed by atoms with van der Waals surface area (Å²) in [6.45, 7) is 54.3. The number of thioether (sulfide) groups is 1. The van der Waals surface area contributed by atoms with Crippen molar-refractivity contribution in [3.8, 4) is 0 Å². The van der Waals surface area contributed by atoms with Gasteiger partial charge in [0.25, 0.3) is 0 Å². The third kappa shape index (κ3) is 28.9. The van der Waals surface area contributed by atoms with Gasteiger partial charge in [0.2, 0.25) is 0 Å². The van der Waals surface area contributed by atoms with Crippen LogP contribution in [0, 0.1) is 53.3 Å². The Morgan fingerprint density at radius 1 is 0.458 bits per heavy atom. The van der Waals surface area contributed by atoms with Gasteiger partial charge in [-0.15, -0.1) is 0 Å². The lowest BCUT2D eigenvalue weighted by Crippen LogP contribution is -2.46. The van der Waals surface area contributed by atoms with Gasteiger partial charge in [-0.25, -0.2) is 0 Å². The summed E-state index contributed by atoms with van der Waals surface area (Å²) < 4.78 is 5.81. The van der Waals surface area contributed by atoms with E-state index >= 15 is 0 Å². The molecule has 0 saturated carbocycles. The summed E-state index contributed by atoms with van der Waals surface area (Å²) in [5, 5.41) is 4.58. The molecule has 2 nitrogen and oxygen atoms in total. The van der Waals surface area contributed by atoms with Crippen molar-refractivity contribution in [3.05, 3.63) is 0 Å². The molecule has 0 radical (unpaired) electrons. The van der Waals surface area contributed by atoms with E-state index in [4.69, 9.17) is 4.74 Å². The number of ether oxygens (including phenoxy) is 1. The lowest BCUT2D eigenvalue weighted by molar-refractivity contribution is -0.0662. The first-order valence-electron chi connectivity index (χ1n) is 21.8. The van der Waals surface area contributed by atoms with E-state index in [1.807, 2.05) is 83.1 Å². The summed E-state index contributed by atoms with van der Waals surface area (Å²) >= 11 is 2.21. The molecular weight excluding hydrogens is 603 g/mol. The second kappa shape index (κ2) is 43.4. The first-order chi connectivity index (χ1) is 22.9. The summed E-state index contributed by atoms with van der Waals surface area (Å²) in [7, 11) is 0. The minimum absolute atomic E-state index is 0.513. The molecule has 300 valence electrons. The molecule has 3 aliphatic rings. The Labute approximate surface area is 315 Å². The third-order valence-electron chi connectivity index (χ3n) is 8.98. The number of rotatable bonds is 6. The molecule has 0 aromatic rings. The molecule has 48 heavy (non-hydrogen) atoms. The maximum absolute atomic E-state index is 5.81. The van der Waals surface area contributed by atoms with E-state index in [1.54, 1.807) is 0 Å². The lowest BCUT2D eigenvalue weighted by Gasteiger charge is -2.37. The van der Waals surface area contributed by atoms with Crippen molar-refractivity contribution < 1.29 is 4.74 Å². The van der Waals surface area contributed by atoms with Crippen LogP contribution in [0.3, 0.4) is 0 Å². The Kier molecular flexibility index (Phi) is 54.6. The smallest absolute Gasteiger partial charge is 0.0628 e. The van der Waals surface area contributed by atoms with Crippen molar-refractivity contribution in [2.75, 3.05) is 18.9 Å². The minimum Gasteiger partial charge on any atom is -0.378 e. The summed E-state index contributed by atoms with van der Waals surface area (Å²) in [5.41, 5.74) is 0. The van der Waals surface area contributed by atoms with Crippen LogP contribution in [0.2, 0.25) is 0 Å². The Hall–Kier alpha value is 0.270. The minimum atomic E-state index is 0.513. The van der Waals surface area contributed by atoms with Crippen molar-refractivity contribution in [3.63, 3.8) is 0 Å². The summed E-state index contributed by atoms with van der Waals surface area (Å²) in [6.07, 6.45) is 8.83. The van der Waals surface area contributed by atoms with Crippen LogP contribution in [0.5, 0.6) is 0 Å². The van der Waals surface area contributed by atoms with Crippen LogP contribution in [0.1, 0.15) is 205 Å². The first-order valence-corrected chi connectivity index (χ1v) is 22.9. The molecule has 0 amide bonds. The van der Waals surface area contributed by atoms with Gasteiger partial charge in [-0.2, -0.15) is 11.8 Å². The summed E-state index contributed by atoms with van der Waals surface area (Å²) in [5.74, 6) is 8.89. The maximum atomic E-state index is 5.81. The standard InChI is InChI=1S/C11H23N.C11H22O.C11H22S.6C2H6/c3*1-8(2)10-6-5-7-12-11(10)9(3)4;6*1-2/h8-12H,5-7H2,1-4H3;2*8-11H,5-7H2,1-4H3;6*1-2H3. The number of hydrogen-bond acceptors (Lipinski definition) is 3. The van der Waals surface area contributed by atoms with Crippen LogP contribution >= 0.6 is 11.8 Å². The van der Waals surface area contributed by atoms with Gasteiger partial charge in [0.15, 0.2) is 0 Å². The van der Waals surface area contributed by atoms with Crippen LogP contribution in [0.4, 0.5) is 0 Å². The second-order valence-electron chi connectivity index (χ2n) is 14.0. The normalized spacial score (nSPS) is 24.4. The molecule has 0 bridgehead atoms. The SMILES string of the molecule is CC.CC.CC.CC.CC.CC.CC(C)C1CCCNC1C(C)C.CC(C)C1CCCOC1C(C)C.CC(C)C1CCCSC1C(C)C. The highest BCUT2D eigenvalue weighted by Crippen LogP contribution is 2.39. The zero-order valence-corrected chi connectivity index (χ0v) is 39.4. The Morgan fingerprint density at radius 3 is 1.19 bits per heavy atom. The van der Waals surface area contributed by atoms with E-state index in [0.29, 0.717) is 12.0 Å². The first kappa shape index (κ1) is 60.4. The van der Waals surface area contributed by atoms with E-state index in [2.05, 4.69) is 100 Å². The molecule has 6 atom stereocenters. The number of hydrogen-bond donors (Lipinski definition) is 1. The van der Waals surface area contributed by atoms with Crippen molar-refractivity contribution in [2.45, 2.75) is 222 Å². The van der Waals surface area contributed by atoms with Crippen molar-refractivity contribution in [1.29, 1.82) is 0 Å². The monoisotopic (exact) mass is 706 g/mol. The lowest BCUT2D eigenvalue weighted by atomic mass is 9.78. The highest BCUT2D eigenvalue weighted by molar-refractivity contribution is 7.99. The van der Waals surface area contributed by atoms with E-state index in [0.717, 1.165) is 65.2 Å². The van der Waals surface area contributed by atoms with Gasteiger partial charge < -0.3 is 10.1 Å². The van der Waals surface area contributed by atoms with Crippen LogP contribution in [-0.4, -0.2) is 36.3 Å². The van der Waals surface area contributed by atoms with E-state index in [9.17, 15) is 0 Å². The predicted molar refractivity (Wildman–Crippen MR) is 233 cm³/mol. The van der Waals surface area contributed by atoms with Crippen LogP contribution in [0.25, 0.3) is 0 Å². The summed E-state index contributed by atoms with van der Waals surface area (Å²) in [6, 6.07) is 0.763. The Morgan fingerprint density at radius 2 is 0.875 bits per heavy atom. The molecule has 3 fully saturated rings. The molecule has 3 heterocycles. The highest BCUT2D eigenvalue weighted by Gasteiger charge is 2.31. The molecule has 3 aliphatic heterocycles. The third-order valence-corrected chi connectivity index (χ3v) is 10.8. The largest absolute Gasteiger partial charge is 0.378 e. The van der Waals surface area contributed by atoms with Gasteiger partial charge in [0.1, 0.15) is 0 Å². The highest BCUT2D eigenvalue weighted by atomic mass is 32.2. The van der Waals surface area contributed by atoms with Gasteiger partial charge in [0.05, 0.1) is 6.10 Å². The van der Waals surface area contributed by atoms with E-state index in [-0.39, 0.29) is 0 Å². The van der Waals surface area contributed by atoms with Crippen LogP contribution < -0.4 is 5.32 Å². The van der Waals surface area contributed by atoms with Gasteiger partial charge in [-0.3, -0.25) is 0 Å². The zero-order valence-electron chi connectivity index (χ0n) is 38.6. The molecule has 1 N–H and O–H groups in total. The van der Waals surface area contributed by atoms with Crippen LogP contribution in [-0.2, 0) is 4.74 Å². The van der Waals surface area contributed by atoms with Crippen molar-refractivity contribution >= 4 is 11.8 Å². The fourth-order valence-electron chi connectivity index (χ4n) is 6.87. The molecule has 0 spiro atoms. The topological polar surface area (TPSA) is 21.3 Å². The number of nitrogens with one attached hydrogen (secondary N) is 1. The van der Waals surface area contributed by atoms with E-state index < -0.39 is 0 Å². The van der Waals surface area contributed by atoms with Crippen molar-refractivity contribution in [2.24, 2.45) is 53.3 Å². The van der Waals surface area contributed by atoms with Gasteiger partial charge >= 0.3 is 0 Å². The predicted octanol–water partition coefficient (Wildman–Crippen LogP) is 15.7. The van der Waals surface area contributed by atoms with Gasteiger partial charge in [0, 0.05) is 17.9 Å². The molecular formula is C45H103NOS. The maximum Gasteiger partial charge on any atom is 0.0628 e. The van der Waals surface area contributed by atoms with Crippen LogP contribution in [0.15, 0.2) is 0 Å². The second-order valence-corrected chi connectivity index (χ2v) is 15.3. The Bertz CT molecular complexity index is 421. The molecule has 0 aliphatic carbocycles. The van der Waals surface area contributed by atoms with E-state index in [1.165, 1.54) is 50.8 Å². The summed E-state index contributed by atoms with van der Waals surface area (Å²) in [4.78, 5) is 0.